The van der Waals surface area contributed by atoms with E-state index in [9.17, 15) is 4.79 Å². The normalized spacial score (nSPS) is 16.1. The van der Waals surface area contributed by atoms with Gasteiger partial charge in [-0.25, -0.2) is 0 Å². The van der Waals surface area contributed by atoms with Crippen LogP contribution in [-0.2, 0) is 11.2 Å². The molecule has 1 amide bonds. The Morgan fingerprint density at radius 1 is 1.20 bits per heavy atom. The van der Waals surface area contributed by atoms with Crippen molar-refractivity contribution in [3.63, 3.8) is 0 Å². The van der Waals surface area contributed by atoms with E-state index in [-0.39, 0.29) is 11.9 Å². The standard InChI is InChI=1S/C20H22ClNO2S/c21-16-8-10-17(11-9-16)24-12-13-25-14-20(23)22-19-7-3-5-15-4-1-2-6-18(15)19/h1-2,4,6,8-11,19H,3,5,7,12-14H2,(H,22,23)/t19-/m0/s1. The third-order valence-corrected chi connectivity index (χ3v) is 5.42. The molecule has 0 heterocycles. The van der Waals surface area contributed by atoms with E-state index in [0.717, 1.165) is 30.8 Å². The average Bonchev–Trinajstić information content (AvgIpc) is 2.63. The molecule has 3 nitrogen and oxygen atoms in total. The van der Waals surface area contributed by atoms with Crippen molar-refractivity contribution >= 4 is 29.3 Å². The Labute approximate surface area is 158 Å². The minimum atomic E-state index is 0.0956. The van der Waals surface area contributed by atoms with Gasteiger partial charge in [0.1, 0.15) is 5.75 Å². The molecule has 25 heavy (non-hydrogen) atoms. The number of aryl methyl sites for hydroxylation is 1. The number of ether oxygens (including phenoxy) is 1. The molecule has 2 aromatic rings. The van der Waals surface area contributed by atoms with E-state index >= 15 is 0 Å². The van der Waals surface area contributed by atoms with Crippen LogP contribution in [0, 0.1) is 0 Å². The molecule has 1 atom stereocenters. The Morgan fingerprint density at radius 3 is 2.84 bits per heavy atom. The topological polar surface area (TPSA) is 38.3 Å². The van der Waals surface area contributed by atoms with Crippen LogP contribution in [0.2, 0.25) is 5.02 Å². The van der Waals surface area contributed by atoms with E-state index < -0.39 is 0 Å². The van der Waals surface area contributed by atoms with E-state index in [4.69, 9.17) is 16.3 Å². The van der Waals surface area contributed by atoms with Crippen molar-refractivity contribution in [3.05, 3.63) is 64.7 Å². The fourth-order valence-corrected chi connectivity index (χ4v) is 3.79. The number of nitrogens with one attached hydrogen (secondary N) is 1. The third-order valence-electron chi connectivity index (χ3n) is 4.25. The number of carbonyl (C=O) groups excluding carboxylic acids is 1. The van der Waals surface area contributed by atoms with Crippen molar-refractivity contribution in [2.75, 3.05) is 18.1 Å². The molecule has 0 aromatic heterocycles. The molecule has 0 spiro atoms. The average molecular weight is 376 g/mol. The second kappa shape index (κ2) is 9.16. The number of rotatable bonds is 7. The van der Waals surface area contributed by atoms with E-state index in [1.54, 1.807) is 23.9 Å². The highest BCUT2D eigenvalue weighted by Crippen LogP contribution is 2.29. The summed E-state index contributed by atoms with van der Waals surface area (Å²) in [6.45, 7) is 0.575. The van der Waals surface area contributed by atoms with Gasteiger partial charge < -0.3 is 10.1 Å². The second-order valence-electron chi connectivity index (χ2n) is 6.07. The van der Waals surface area contributed by atoms with Gasteiger partial charge in [-0.3, -0.25) is 4.79 Å². The molecule has 0 unspecified atom stereocenters. The van der Waals surface area contributed by atoms with Gasteiger partial charge >= 0.3 is 0 Å². The zero-order valence-corrected chi connectivity index (χ0v) is 15.6. The van der Waals surface area contributed by atoms with Gasteiger partial charge in [0.2, 0.25) is 5.91 Å². The molecule has 0 bridgehead atoms. The summed E-state index contributed by atoms with van der Waals surface area (Å²) in [5.41, 5.74) is 2.64. The Balaban J connectivity index is 1.37. The molecular formula is C20H22ClNO2S. The molecule has 0 aliphatic heterocycles. The van der Waals surface area contributed by atoms with Crippen LogP contribution in [0.15, 0.2) is 48.5 Å². The van der Waals surface area contributed by atoms with E-state index in [0.29, 0.717) is 17.4 Å². The van der Waals surface area contributed by atoms with Crippen molar-refractivity contribution in [1.82, 2.24) is 5.32 Å². The number of benzene rings is 2. The molecule has 1 aliphatic carbocycles. The predicted octanol–water partition coefficient (Wildman–Crippen LogP) is 4.65. The van der Waals surface area contributed by atoms with E-state index in [1.165, 1.54) is 11.1 Å². The summed E-state index contributed by atoms with van der Waals surface area (Å²) in [6, 6.07) is 15.9. The molecule has 0 fully saturated rings. The van der Waals surface area contributed by atoms with Gasteiger partial charge in [-0.15, -0.1) is 11.8 Å². The smallest absolute Gasteiger partial charge is 0.230 e. The first kappa shape index (κ1) is 18.2. The molecule has 0 saturated carbocycles. The summed E-state index contributed by atoms with van der Waals surface area (Å²) in [7, 11) is 0. The van der Waals surface area contributed by atoms with Gasteiger partial charge in [-0.1, -0.05) is 35.9 Å². The largest absolute Gasteiger partial charge is 0.493 e. The molecule has 3 rings (SSSR count). The third kappa shape index (κ3) is 5.41. The fourth-order valence-electron chi connectivity index (χ4n) is 3.05. The van der Waals surface area contributed by atoms with E-state index in [1.807, 2.05) is 18.2 Å². The molecule has 1 N–H and O–H groups in total. The lowest BCUT2D eigenvalue weighted by Crippen LogP contribution is -2.32. The summed E-state index contributed by atoms with van der Waals surface area (Å²) < 4.78 is 5.63. The number of hydrogen-bond donors (Lipinski definition) is 1. The molecule has 132 valence electrons. The maximum absolute atomic E-state index is 12.2. The fraction of sp³-hybridized carbons (Fsp3) is 0.350. The predicted molar refractivity (Wildman–Crippen MR) is 105 cm³/mol. The first-order valence-electron chi connectivity index (χ1n) is 8.55. The van der Waals surface area contributed by atoms with E-state index in [2.05, 4.69) is 23.5 Å². The van der Waals surface area contributed by atoms with Gasteiger partial charge in [0.05, 0.1) is 18.4 Å². The lowest BCUT2D eigenvalue weighted by atomic mass is 9.88. The number of fused-ring (bicyclic) bond motifs is 1. The number of thioether (sulfide) groups is 1. The summed E-state index contributed by atoms with van der Waals surface area (Å²) in [6.07, 6.45) is 3.26. The highest BCUT2D eigenvalue weighted by molar-refractivity contribution is 7.99. The van der Waals surface area contributed by atoms with Gasteiger partial charge in [-0.05, 0) is 54.7 Å². The van der Waals surface area contributed by atoms with Crippen LogP contribution >= 0.6 is 23.4 Å². The van der Waals surface area contributed by atoms with Crippen molar-refractivity contribution in [1.29, 1.82) is 0 Å². The van der Waals surface area contributed by atoms with Gasteiger partial charge in [0.15, 0.2) is 0 Å². The Hall–Kier alpha value is -1.65. The van der Waals surface area contributed by atoms with Crippen LogP contribution in [0.5, 0.6) is 5.75 Å². The summed E-state index contributed by atoms with van der Waals surface area (Å²) >= 11 is 7.43. The lowest BCUT2D eigenvalue weighted by molar-refractivity contribution is -0.119. The molecule has 5 heteroatoms. The number of carbonyl (C=O) groups is 1. The zero-order chi connectivity index (χ0) is 17.5. The molecule has 0 radical (unpaired) electrons. The lowest BCUT2D eigenvalue weighted by Gasteiger charge is -2.26. The SMILES string of the molecule is O=C(CSCCOc1ccc(Cl)cc1)N[C@H]1CCCc2ccccc21. The number of hydrogen-bond acceptors (Lipinski definition) is 3. The first-order valence-corrected chi connectivity index (χ1v) is 10.1. The monoisotopic (exact) mass is 375 g/mol. The second-order valence-corrected chi connectivity index (χ2v) is 7.61. The zero-order valence-electron chi connectivity index (χ0n) is 14.0. The molecular weight excluding hydrogens is 354 g/mol. The van der Waals surface area contributed by atoms with Crippen molar-refractivity contribution in [3.8, 4) is 5.75 Å². The quantitative estimate of drug-likeness (QED) is 0.716. The van der Waals surface area contributed by atoms with Gasteiger partial charge in [-0.2, -0.15) is 0 Å². The van der Waals surface area contributed by atoms with Crippen LogP contribution in [0.4, 0.5) is 0 Å². The van der Waals surface area contributed by atoms with Crippen LogP contribution in [0.3, 0.4) is 0 Å². The Morgan fingerprint density at radius 2 is 2.00 bits per heavy atom. The molecule has 2 aromatic carbocycles. The van der Waals surface area contributed by atoms with Crippen molar-refractivity contribution < 1.29 is 9.53 Å². The maximum Gasteiger partial charge on any atom is 0.230 e. The number of amides is 1. The highest BCUT2D eigenvalue weighted by atomic mass is 35.5. The molecule has 1 aliphatic rings. The van der Waals surface area contributed by atoms with Gasteiger partial charge in [0.25, 0.3) is 0 Å². The number of halogens is 1. The Kier molecular flexibility index (Phi) is 6.65. The van der Waals surface area contributed by atoms with Crippen molar-refractivity contribution in [2.45, 2.75) is 25.3 Å². The minimum Gasteiger partial charge on any atom is -0.493 e. The minimum absolute atomic E-state index is 0.0956. The maximum atomic E-state index is 12.2. The summed E-state index contributed by atoms with van der Waals surface area (Å²) in [5.74, 6) is 2.13. The highest BCUT2D eigenvalue weighted by Gasteiger charge is 2.21. The summed E-state index contributed by atoms with van der Waals surface area (Å²) in [4.78, 5) is 12.2. The first-order chi connectivity index (χ1) is 12.2. The van der Waals surface area contributed by atoms with Crippen LogP contribution in [-0.4, -0.2) is 24.0 Å². The van der Waals surface area contributed by atoms with Crippen LogP contribution in [0.1, 0.15) is 30.0 Å². The molecule has 0 saturated heterocycles. The Bertz CT molecular complexity index is 705. The van der Waals surface area contributed by atoms with Crippen LogP contribution in [0.25, 0.3) is 0 Å². The van der Waals surface area contributed by atoms with Crippen molar-refractivity contribution in [2.24, 2.45) is 0 Å². The van der Waals surface area contributed by atoms with Gasteiger partial charge in [0, 0.05) is 10.8 Å². The van der Waals surface area contributed by atoms with Crippen LogP contribution < -0.4 is 10.1 Å². The summed E-state index contributed by atoms with van der Waals surface area (Å²) in [5, 5.41) is 3.87.